The van der Waals surface area contributed by atoms with Gasteiger partial charge in [0, 0.05) is 12.6 Å². The van der Waals surface area contributed by atoms with Gasteiger partial charge in [0.05, 0.1) is 24.3 Å². The fourth-order valence-electron chi connectivity index (χ4n) is 2.60. The molecule has 9 heteroatoms. The van der Waals surface area contributed by atoms with Gasteiger partial charge in [-0.05, 0) is 18.4 Å². The number of sulfonamides is 1. The van der Waals surface area contributed by atoms with E-state index in [4.69, 9.17) is 0 Å². The summed E-state index contributed by atoms with van der Waals surface area (Å²) in [6.45, 7) is -0.110. The van der Waals surface area contributed by atoms with Crippen molar-refractivity contribution in [3.05, 3.63) is 35.9 Å². The third-order valence-electron chi connectivity index (χ3n) is 3.88. The van der Waals surface area contributed by atoms with E-state index < -0.39 is 31.8 Å². The summed E-state index contributed by atoms with van der Waals surface area (Å²) in [5.74, 6) is -0.501. The Balaban J connectivity index is 1.92. The zero-order chi connectivity index (χ0) is 17.8. The Labute approximate surface area is 143 Å². The summed E-state index contributed by atoms with van der Waals surface area (Å²) >= 11 is 0. The van der Waals surface area contributed by atoms with Crippen LogP contribution in [0.5, 0.6) is 0 Å². The van der Waals surface area contributed by atoms with Gasteiger partial charge in [-0.1, -0.05) is 30.3 Å². The highest BCUT2D eigenvalue weighted by atomic mass is 32.2. The third kappa shape index (κ3) is 5.88. The third-order valence-corrected chi connectivity index (χ3v) is 6.90. The van der Waals surface area contributed by atoms with Crippen LogP contribution in [0.15, 0.2) is 30.3 Å². The molecule has 1 aromatic rings. The number of nitrogens with zero attached hydrogens (tertiary/aromatic N) is 1. The Hall–Kier alpha value is -1.45. The second kappa shape index (κ2) is 7.62. The fraction of sp³-hybridized carbons (Fsp3) is 0.533. The predicted molar refractivity (Wildman–Crippen MR) is 91.8 cm³/mol. The summed E-state index contributed by atoms with van der Waals surface area (Å²) in [6.07, 6.45) is 1.93. The zero-order valence-electron chi connectivity index (χ0n) is 13.5. The molecule has 0 spiro atoms. The van der Waals surface area contributed by atoms with Gasteiger partial charge in [-0.2, -0.15) is 4.31 Å². The van der Waals surface area contributed by atoms with Gasteiger partial charge in [0.2, 0.25) is 15.9 Å². The molecule has 1 heterocycles. The number of benzene rings is 1. The first-order chi connectivity index (χ1) is 11.2. The molecule has 1 saturated heterocycles. The Morgan fingerprint density at radius 2 is 1.96 bits per heavy atom. The number of nitrogens with one attached hydrogen (secondary N) is 1. The molecular weight excluding hydrogens is 352 g/mol. The summed E-state index contributed by atoms with van der Waals surface area (Å²) in [4.78, 5) is 12.1. The number of carbonyl (C=O) groups is 1. The predicted octanol–water partition coefficient (Wildman–Crippen LogP) is -0.206. The van der Waals surface area contributed by atoms with Crippen molar-refractivity contribution in [2.75, 3.05) is 30.9 Å². The largest absolute Gasteiger partial charge is 0.351 e. The van der Waals surface area contributed by atoms with Crippen LogP contribution in [-0.4, -0.2) is 63.9 Å². The van der Waals surface area contributed by atoms with Crippen molar-refractivity contribution >= 4 is 25.8 Å². The van der Waals surface area contributed by atoms with Crippen molar-refractivity contribution in [2.45, 2.75) is 18.9 Å². The van der Waals surface area contributed by atoms with Gasteiger partial charge in [0.25, 0.3) is 0 Å². The smallest absolute Gasteiger partial charge is 0.235 e. The molecule has 2 rings (SSSR count). The van der Waals surface area contributed by atoms with E-state index in [-0.39, 0.29) is 24.6 Å². The van der Waals surface area contributed by atoms with Gasteiger partial charge >= 0.3 is 0 Å². The van der Waals surface area contributed by atoms with Gasteiger partial charge in [-0.25, -0.2) is 16.8 Å². The van der Waals surface area contributed by atoms with E-state index in [1.54, 1.807) is 0 Å². The molecule has 1 aliphatic rings. The molecule has 134 valence electrons. The highest BCUT2D eigenvalue weighted by Crippen LogP contribution is 2.11. The fourth-order valence-corrected chi connectivity index (χ4v) is 5.05. The standard InChI is InChI=1S/C15H22N2O5S2/c1-23(19,20)17(9-7-13-5-3-2-4-6-13)11-15(18)16-14-8-10-24(21,22)12-14/h2-6,14H,7-12H2,1H3,(H,16,18). The van der Waals surface area contributed by atoms with Gasteiger partial charge in [-0.3, -0.25) is 4.79 Å². The molecule has 1 amide bonds. The SMILES string of the molecule is CS(=O)(=O)N(CCc1ccccc1)CC(=O)NC1CCS(=O)(=O)C1. The summed E-state index contributed by atoms with van der Waals surface area (Å²) in [7, 11) is -6.62. The first-order valence-corrected chi connectivity index (χ1v) is 11.3. The van der Waals surface area contributed by atoms with Crippen LogP contribution in [0.3, 0.4) is 0 Å². The van der Waals surface area contributed by atoms with Gasteiger partial charge < -0.3 is 5.32 Å². The molecule has 1 N–H and O–H groups in total. The second-order valence-electron chi connectivity index (χ2n) is 6.00. The summed E-state index contributed by atoms with van der Waals surface area (Å²) in [5, 5.41) is 2.61. The molecule has 0 radical (unpaired) electrons. The number of hydrogen-bond donors (Lipinski definition) is 1. The van der Waals surface area contributed by atoms with E-state index >= 15 is 0 Å². The average molecular weight is 374 g/mol. The van der Waals surface area contributed by atoms with Crippen LogP contribution in [0.2, 0.25) is 0 Å². The normalized spacial score (nSPS) is 20.2. The van der Waals surface area contributed by atoms with E-state index in [1.165, 1.54) is 0 Å². The van der Waals surface area contributed by atoms with Crippen molar-refractivity contribution in [1.29, 1.82) is 0 Å². The molecule has 0 saturated carbocycles. The quantitative estimate of drug-likeness (QED) is 0.712. The lowest BCUT2D eigenvalue weighted by Crippen LogP contribution is -2.44. The highest BCUT2D eigenvalue weighted by molar-refractivity contribution is 7.91. The Morgan fingerprint density at radius 3 is 2.50 bits per heavy atom. The number of hydrogen-bond acceptors (Lipinski definition) is 5. The maximum Gasteiger partial charge on any atom is 0.235 e. The molecule has 1 atom stereocenters. The van der Waals surface area contributed by atoms with Crippen LogP contribution < -0.4 is 5.32 Å². The monoisotopic (exact) mass is 374 g/mol. The van der Waals surface area contributed by atoms with Crippen molar-refractivity contribution < 1.29 is 21.6 Å². The number of sulfone groups is 1. The summed E-state index contributed by atoms with van der Waals surface area (Å²) in [5.41, 5.74) is 0.980. The van der Waals surface area contributed by atoms with E-state index in [0.717, 1.165) is 16.1 Å². The maximum atomic E-state index is 12.1. The lowest BCUT2D eigenvalue weighted by atomic mass is 10.1. The molecule has 1 fully saturated rings. The van der Waals surface area contributed by atoms with Crippen LogP contribution in [0.25, 0.3) is 0 Å². The van der Waals surface area contributed by atoms with Gasteiger partial charge in [-0.15, -0.1) is 0 Å². The number of rotatable bonds is 7. The topological polar surface area (TPSA) is 101 Å². The van der Waals surface area contributed by atoms with Crippen molar-refractivity contribution in [1.82, 2.24) is 9.62 Å². The Bertz CT molecular complexity index is 775. The zero-order valence-corrected chi connectivity index (χ0v) is 15.1. The van der Waals surface area contributed by atoms with Gasteiger partial charge in [0.1, 0.15) is 0 Å². The second-order valence-corrected chi connectivity index (χ2v) is 10.2. The molecule has 24 heavy (non-hydrogen) atoms. The van der Waals surface area contributed by atoms with Crippen LogP contribution in [0, 0.1) is 0 Å². The van der Waals surface area contributed by atoms with Crippen LogP contribution in [0.1, 0.15) is 12.0 Å². The summed E-state index contributed by atoms with van der Waals surface area (Å²) < 4.78 is 47.7. The molecule has 0 bridgehead atoms. The minimum atomic E-state index is -3.53. The Kier molecular flexibility index (Phi) is 6.00. The van der Waals surface area contributed by atoms with Crippen LogP contribution in [0.4, 0.5) is 0 Å². The van der Waals surface area contributed by atoms with E-state index in [0.29, 0.717) is 12.8 Å². The molecule has 1 unspecified atom stereocenters. The van der Waals surface area contributed by atoms with E-state index in [1.807, 2.05) is 30.3 Å². The van der Waals surface area contributed by atoms with Crippen molar-refractivity contribution in [3.63, 3.8) is 0 Å². The minimum Gasteiger partial charge on any atom is -0.351 e. The molecule has 0 aromatic heterocycles. The number of amides is 1. The first kappa shape index (κ1) is 18.9. The lowest BCUT2D eigenvalue weighted by molar-refractivity contribution is -0.121. The van der Waals surface area contributed by atoms with Gasteiger partial charge in [0.15, 0.2) is 9.84 Å². The molecule has 1 aliphatic heterocycles. The van der Waals surface area contributed by atoms with Crippen molar-refractivity contribution in [3.8, 4) is 0 Å². The van der Waals surface area contributed by atoms with Crippen LogP contribution in [-0.2, 0) is 31.1 Å². The molecular formula is C15H22N2O5S2. The summed E-state index contributed by atoms with van der Waals surface area (Å²) in [6, 6.07) is 8.97. The average Bonchev–Trinajstić information content (AvgIpc) is 2.82. The molecule has 1 aromatic carbocycles. The van der Waals surface area contributed by atoms with Crippen LogP contribution >= 0.6 is 0 Å². The number of carbonyl (C=O) groups excluding carboxylic acids is 1. The minimum absolute atomic E-state index is 0.0573. The molecule has 0 aliphatic carbocycles. The lowest BCUT2D eigenvalue weighted by Gasteiger charge is -2.20. The Morgan fingerprint density at radius 1 is 1.29 bits per heavy atom. The maximum absolute atomic E-state index is 12.1. The highest BCUT2D eigenvalue weighted by Gasteiger charge is 2.30. The molecule has 7 nitrogen and oxygen atoms in total. The first-order valence-electron chi connectivity index (χ1n) is 7.64. The van der Waals surface area contributed by atoms with Crippen molar-refractivity contribution in [2.24, 2.45) is 0 Å². The van der Waals surface area contributed by atoms with E-state index in [9.17, 15) is 21.6 Å². The van der Waals surface area contributed by atoms with E-state index in [2.05, 4.69) is 5.32 Å².